The summed E-state index contributed by atoms with van der Waals surface area (Å²) in [5.74, 6) is -0.847. The zero-order chi connectivity index (χ0) is 30.5. The number of hydrogen-bond acceptors (Lipinski definition) is 9. The number of ether oxygens (including phenoxy) is 2. The monoisotopic (exact) mass is 584 g/mol. The van der Waals surface area contributed by atoms with Crippen molar-refractivity contribution in [2.75, 3.05) is 18.7 Å². The summed E-state index contributed by atoms with van der Waals surface area (Å²) in [6.45, 7) is 4.76. The van der Waals surface area contributed by atoms with Gasteiger partial charge in [-0.2, -0.15) is 5.10 Å². The molecule has 1 aliphatic rings. The molecule has 43 heavy (non-hydrogen) atoms. The molecule has 5 rings (SSSR count). The van der Waals surface area contributed by atoms with E-state index in [9.17, 15) is 19.2 Å². The largest absolute Gasteiger partial charge is 0.428 e. The lowest BCUT2D eigenvalue weighted by Gasteiger charge is -2.19. The van der Waals surface area contributed by atoms with Crippen LogP contribution in [0.4, 0.5) is 16.3 Å². The molecule has 4 aromatic rings. The molecule has 0 radical (unpaired) electrons. The number of anilines is 2. The van der Waals surface area contributed by atoms with Gasteiger partial charge in [0.25, 0.3) is 11.8 Å². The molecule has 222 valence electrons. The number of fused-ring (bicyclic) bond motifs is 1. The molecule has 1 aliphatic carbocycles. The minimum absolute atomic E-state index is 0.0321. The average molecular weight is 585 g/mol. The van der Waals surface area contributed by atoms with Crippen molar-refractivity contribution in [3.8, 4) is 0 Å². The van der Waals surface area contributed by atoms with Crippen molar-refractivity contribution < 1.29 is 28.7 Å². The highest BCUT2D eigenvalue weighted by Gasteiger charge is 2.27. The molecule has 2 aromatic carbocycles. The quantitative estimate of drug-likeness (QED) is 0.206. The van der Waals surface area contributed by atoms with E-state index in [0.717, 1.165) is 34.4 Å². The third kappa shape index (κ3) is 6.80. The average Bonchev–Trinajstić information content (AvgIpc) is 3.74. The third-order valence-corrected chi connectivity index (χ3v) is 7.10. The molecule has 3 amide bonds. The van der Waals surface area contributed by atoms with Crippen molar-refractivity contribution >= 4 is 40.9 Å². The molecule has 0 saturated heterocycles. The predicted molar refractivity (Wildman–Crippen MR) is 157 cm³/mol. The van der Waals surface area contributed by atoms with Gasteiger partial charge >= 0.3 is 12.1 Å². The minimum atomic E-state index is -0.937. The van der Waals surface area contributed by atoms with E-state index in [1.165, 1.54) is 6.33 Å². The lowest BCUT2D eigenvalue weighted by atomic mass is 10.1. The number of imide groups is 1. The Labute approximate surface area is 248 Å². The Hall–Kier alpha value is -5.26. The van der Waals surface area contributed by atoms with Crippen LogP contribution >= 0.6 is 0 Å². The summed E-state index contributed by atoms with van der Waals surface area (Å²) < 4.78 is 11.7. The minimum Gasteiger partial charge on any atom is -0.428 e. The molecule has 0 aliphatic heterocycles. The first kappa shape index (κ1) is 29.2. The third-order valence-electron chi connectivity index (χ3n) is 7.10. The van der Waals surface area contributed by atoms with Crippen LogP contribution in [0.15, 0.2) is 61.1 Å². The molecule has 12 nitrogen and oxygen atoms in total. The molecule has 0 spiro atoms. The Kier molecular flexibility index (Phi) is 8.65. The Bertz CT molecular complexity index is 1680. The van der Waals surface area contributed by atoms with Crippen LogP contribution in [0.5, 0.6) is 0 Å². The van der Waals surface area contributed by atoms with E-state index in [-0.39, 0.29) is 30.5 Å². The van der Waals surface area contributed by atoms with Crippen LogP contribution in [0, 0.1) is 13.8 Å². The summed E-state index contributed by atoms with van der Waals surface area (Å²) in [5.41, 5.74) is 4.25. The number of amides is 3. The molecule has 2 heterocycles. The van der Waals surface area contributed by atoms with Gasteiger partial charge in [0, 0.05) is 30.0 Å². The summed E-state index contributed by atoms with van der Waals surface area (Å²) in [7, 11) is 0. The van der Waals surface area contributed by atoms with Crippen LogP contribution in [0.2, 0.25) is 0 Å². The van der Waals surface area contributed by atoms with Gasteiger partial charge in [0.05, 0.1) is 12.0 Å². The number of benzene rings is 2. The molecule has 1 saturated carbocycles. The second kappa shape index (κ2) is 12.7. The number of aryl methyl sites for hydroxylation is 2. The van der Waals surface area contributed by atoms with Crippen molar-refractivity contribution in [1.82, 2.24) is 24.8 Å². The van der Waals surface area contributed by atoms with Gasteiger partial charge in [0.2, 0.25) is 6.79 Å². The Morgan fingerprint density at radius 1 is 1.05 bits per heavy atom. The summed E-state index contributed by atoms with van der Waals surface area (Å²) in [4.78, 5) is 56.2. The highest BCUT2D eigenvalue weighted by atomic mass is 16.7. The normalized spacial score (nSPS) is 12.4. The van der Waals surface area contributed by atoms with Gasteiger partial charge in [-0.25, -0.2) is 19.2 Å². The van der Waals surface area contributed by atoms with Gasteiger partial charge in [0.1, 0.15) is 11.8 Å². The Morgan fingerprint density at radius 3 is 2.53 bits per heavy atom. The molecule has 2 aromatic heterocycles. The van der Waals surface area contributed by atoms with E-state index in [1.807, 2.05) is 32.0 Å². The summed E-state index contributed by atoms with van der Waals surface area (Å²) >= 11 is 0. The number of nitrogens with zero attached hydrogens (tertiary/aromatic N) is 4. The van der Waals surface area contributed by atoms with Gasteiger partial charge in [-0.05, 0) is 62.4 Å². The van der Waals surface area contributed by atoms with Crippen molar-refractivity contribution in [1.29, 1.82) is 0 Å². The van der Waals surface area contributed by atoms with Crippen LogP contribution in [-0.4, -0.2) is 62.8 Å². The van der Waals surface area contributed by atoms with Crippen molar-refractivity contribution in [2.45, 2.75) is 46.1 Å². The molecule has 12 heteroatoms. The topological polar surface area (TPSA) is 144 Å². The fourth-order valence-corrected chi connectivity index (χ4v) is 4.54. The van der Waals surface area contributed by atoms with E-state index < -0.39 is 24.8 Å². The van der Waals surface area contributed by atoms with Crippen molar-refractivity contribution in [3.05, 3.63) is 88.9 Å². The second-order valence-electron chi connectivity index (χ2n) is 10.2. The van der Waals surface area contributed by atoms with E-state index in [0.29, 0.717) is 22.6 Å². The molecule has 0 unspecified atom stereocenters. The fraction of sp³-hybridized carbons (Fsp3) is 0.290. The first-order valence-corrected chi connectivity index (χ1v) is 13.9. The van der Waals surface area contributed by atoms with Gasteiger partial charge < -0.3 is 20.1 Å². The second-order valence-corrected chi connectivity index (χ2v) is 10.2. The number of aromatic nitrogens is 3. The van der Waals surface area contributed by atoms with Gasteiger partial charge in [-0.3, -0.25) is 14.4 Å². The Morgan fingerprint density at radius 2 is 1.81 bits per heavy atom. The van der Waals surface area contributed by atoms with Gasteiger partial charge in [-0.15, -0.1) is 0 Å². The van der Waals surface area contributed by atoms with Crippen LogP contribution < -0.4 is 10.6 Å². The molecule has 1 fully saturated rings. The number of hydrogen-bond donors (Lipinski definition) is 2. The number of nitrogens with one attached hydrogen (secondary N) is 2. The van der Waals surface area contributed by atoms with E-state index in [2.05, 4.69) is 20.7 Å². The Balaban J connectivity index is 1.27. The first-order valence-electron chi connectivity index (χ1n) is 13.9. The molecular weight excluding hydrogens is 552 g/mol. The van der Waals surface area contributed by atoms with Gasteiger partial charge in [-0.1, -0.05) is 36.4 Å². The van der Waals surface area contributed by atoms with Crippen molar-refractivity contribution in [3.63, 3.8) is 0 Å². The van der Waals surface area contributed by atoms with E-state index in [1.54, 1.807) is 48.0 Å². The highest BCUT2D eigenvalue weighted by Crippen LogP contribution is 2.28. The van der Waals surface area contributed by atoms with Crippen LogP contribution in [0.25, 0.3) is 5.52 Å². The number of esters is 1. The molecule has 0 bridgehead atoms. The number of carbonyl (C=O) groups is 4. The van der Waals surface area contributed by atoms with Crippen LogP contribution in [0.1, 0.15) is 57.2 Å². The maximum Gasteiger partial charge on any atom is 0.419 e. The van der Waals surface area contributed by atoms with Gasteiger partial charge in [0.15, 0.2) is 5.82 Å². The summed E-state index contributed by atoms with van der Waals surface area (Å²) in [5, 5.41) is 10.5. The van der Waals surface area contributed by atoms with Crippen LogP contribution in [-0.2, 0) is 20.7 Å². The fourth-order valence-electron chi connectivity index (χ4n) is 4.54. The number of carbonyl (C=O) groups excluding carboxylic acids is 4. The lowest BCUT2D eigenvalue weighted by molar-refractivity contribution is -0.151. The van der Waals surface area contributed by atoms with Crippen molar-refractivity contribution in [2.24, 2.45) is 0 Å². The van der Waals surface area contributed by atoms with E-state index in [4.69, 9.17) is 9.47 Å². The highest BCUT2D eigenvalue weighted by molar-refractivity contribution is 6.04. The number of rotatable bonds is 10. The SMILES string of the molecule is CCN(C(=O)OCOC(=O)Cc1ccccc1)C(=O)c1ccc(C)c(Nc2ncnn3cc(C(=O)NC4CC4)c(C)c23)c1. The predicted octanol–water partition coefficient (Wildman–Crippen LogP) is 4.32. The van der Waals surface area contributed by atoms with Crippen LogP contribution in [0.3, 0.4) is 0 Å². The maximum absolute atomic E-state index is 13.3. The zero-order valence-corrected chi connectivity index (χ0v) is 24.1. The van der Waals surface area contributed by atoms with E-state index >= 15 is 0 Å². The first-order chi connectivity index (χ1) is 20.7. The zero-order valence-electron chi connectivity index (χ0n) is 24.1. The molecule has 2 N–H and O–H groups in total. The molecule has 0 atom stereocenters. The maximum atomic E-state index is 13.3. The summed E-state index contributed by atoms with van der Waals surface area (Å²) in [6.07, 6.45) is 4.11. The smallest absolute Gasteiger partial charge is 0.419 e. The molecular formula is C31H32N6O6. The summed E-state index contributed by atoms with van der Waals surface area (Å²) in [6, 6.07) is 14.2. The lowest BCUT2D eigenvalue weighted by Crippen LogP contribution is -2.37. The standard InChI is InChI=1S/C31H32N6O6/c1-4-36(31(41)43-18-42-26(38)14-21-8-6-5-7-9-21)30(40)22-11-10-19(2)25(15-22)35-28-27-20(3)24(16-37(27)33-17-32-28)29(39)34-23-12-13-23/h5-11,15-17,23H,4,12-14,18H2,1-3H3,(H,34,39)(H,32,33,35).